The first kappa shape index (κ1) is 9.60. The summed E-state index contributed by atoms with van der Waals surface area (Å²) in [5, 5.41) is 2.08. The van der Waals surface area contributed by atoms with Gasteiger partial charge in [0, 0.05) is 22.1 Å². The lowest BCUT2D eigenvalue weighted by molar-refractivity contribution is 0.650. The SMILES string of the molecule is CC(C)Cc1c[nH]c2cc(Cl)ccc12. The van der Waals surface area contributed by atoms with Crippen LogP contribution in [0.5, 0.6) is 0 Å². The molecule has 0 aliphatic carbocycles. The highest BCUT2D eigenvalue weighted by Gasteiger charge is 2.05. The maximum absolute atomic E-state index is 5.91. The van der Waals surface area contributed by atoms with Crippen molar-refractivity contribution in [1.82, 2.24) is 4.98 Å². The monoisotopic (exact) mass is 207 g/mol. The minimum atomic E-state index is 0.685. The molecule has 0 aliphatic rings. The molecule has 0 unspecified atom stereocenters. The zero-order valence-corrected chi connectivity index (χ0v) is 9.23. The van der Waals surface area contributed by atoms with Crippen molar-refractivity contribution in [1.29, 1.82) is 0 Å². The number of hydrogen-bond donors (Lipinski definition) is 1. The van der Waals surface area contributed by atoms with Crippen molar-refractivity contribution in [2.45, 2.75) is 20.3 Å². The van der Waals surface area contributed by atoms with E-state index >= 15 is 0 Å². The van der Waals surface area contributed by atoms with E-state index in [1.54, 1.807) is 0 Å². The summed E-state index contributed by atoms with van der Waals surface area (Å²) in [6.07, 6.45) is 3.20. The maximum Gasteiger partial charge on any atom is 0.0471 e. The van der Waals surface area contributed by atoms with Gasteiger partial charge in [-0.2, -0.15) is 0 Å². The molecule has 0 fully saturated rings. The van der Waals surface area contributed by atoms with Crippen molar-refractivity contribution in [3.8, 4) is 0 Å². The van der Waals surface area contributed by atoms with Gasteiger partial charge in [0.25, 0.3) is 0 Å². The topological polar surface area (TPSA) is 15.8 Å². The van der Waals surface area contributed by atoms with E-state index < -0.39 is 0 Å². The highest BCUT2D eigenvalue weighted by atomic mass is 35.5. The van der Waals surface area contributed by atoms with Gasteiger partial charge >= 0.3 is 0 Å². The molecule has 1 aromatic heterocycles. The Morgan fingerprint density at radius 1 is 1.36 bits per heavy atom. The summed E-state index contributed by atoms with van der Waals surface area (Å²) in [4.78, 5) is 3.25. The average molecular weight is 208 g/mol. The number of fused-ring (bicyclic) bond motifs is 1. The third kappa shape index (κ3) is 1.78. The molecule has 0 amide bonds. The van der Waals surface area contributed by atoms with Crippen LogP contribution in [0.4, 0.5) is 0 Å². The predicted octanol–water partition coefficient (Wildman–Crippen LogP) is 4.02. The summed E-state index contributed by atoms with van der Waals surface area (Å²) in [6.45, 7) is 4.46. The van der Waals surface area contributed by atoms with Gasteiger partial charge in [0.2, 0.25) is 0 Å². The second kappa shape index (κ2) is 3.66. The highest BCUT2D eigenvalue weighted by molar-refractivity contribution is 6.31. The molecule has 1 N–H and O–H groups in total. The van der Waals surface area contributed by atoms with Gasteiger partial charge in [0.05, 0.1) is 0 Å². The molecule has 1 nitrogen and oxygen atoms in total. The summed E-state index contributed by atoms with van der Waals surface area (Å²) >= 11 is 5.91. The maximum atomic E-state index is 5.91. The summed E-state index contributed by atoms with van der Waals surface area (Å²) < 4.78 is 0. The molecule has 2 rings (SSSR count). The molecule has 1 aromatic carbocycles. The van der Waals surface area contributed by atoms with Crippen molar-refractivity contribution >= 4 is 22.5 Å². The summed E-state index contributed by atoms with van der Waals surface area (Å²) in [7, 11) is 0. The number of benzene rings is 1. The second-order valence-electron chi connectivity index (χ2n) is 4.10. The van der Waals surface area contributed by atoms with Gasteiger partial charge in [0.15, 0.2) is 0 Å². The first-order chi connectivity index (χ1) is 6.66. The molecule has 0 atom stereocenters. The van der Waals surface area contributed by atoms with E-state index in [4.69, 9.17) is 11.6 Å². The Morgan fingerprint density at radius 3 is 2.86 bits per heavy atom. The van der Waals surface area contributed by atoms with E-state index in [9.17, 15) is 0 Å². The lowest BCUT2D eigenvalue weighted by Gasteiger charge is -2.02. The molecule has 2 aromatic rings. The van der Waals surface area contributed by atoms with Crippen LogP contribution < -0.4 is 0 Å². The van der Waals surface area contributed by atoms with Gasteiger partial charge in [-0.3, -0.25) is 0 Å². The molecule has 1 heterocycles. The lowest BCUT2D eigenvalue weighted by Crippen LogP contribution is -1.91. The summed E-state index contributed by atoms with van der Waals surface area (Å²) in [5.74, 6) is 0.685. The minimum absolute atomic E-state index is 0.685. The molecular formula is C12H14ClN. The van der Waals surface area contributed by atoms with Crippen LogP contribution in [0, 0.1) is 5.92 Å². The Kier molecular flexibility index (Phi) is 2.51. The zero-order valence-electron chi connectivity index (χ0n) is 8.47. The van der Waals surface area contributed by atoms with Crippen LogP contribution >= 0.6 is 11.6 Å². The summed E-state index contributed by atoms with van der Waals surface area (Å²) in [5.41, 5.74) is 2.51. The van der Waals surface area contributed by atoms with Gasteiger partial charge < -0.3 is 4.98 Å². The van der Waals surface area contributed by atoms with E-state index in [0.717, 1.165) is 17.0 Å². The number of hydrogen-bond acceptors (Lipinski definition) is 0. The Morgan fingerprint density at radius 2 is 2.14 bits per heavy atom. The third-order valence-corrected chi connectivity index (χ3v) is 2.59. The van der Waals surface area contributed by atoms with Gasteiger partial charge in [-0.15, -0.1) is 0 Å². The molecule has 74 valence electrons. The molecule has 0 spiro atoms. The van der Waals surface area contributed by atoms with Crippen LogP contribution in [0.25, 0.3) is 10.9 Å². The predicted molar refractivity (Wildman–Crippen MR) is 61.9 cm³/mol. The molecular weight excluding hydrogens is 194 g/mol. The van der Waals surface area contributed by atoms with Gasteiger partial charge in [-0.1, -0.05) is 31.5 Å². The van der Waals surface area contributed by atoms with Crippen molar-refractivity contribution in [2.24, 2.45) is 5.92 Å². The smallest absolute Gasteiger partial charge is 0.0471 e. The first-order valence-electron chi connectivity index (χ1n) is 4.92. The Hall–Kier alpha value is -0.950. The van der Waals surface area contributed by atoms with Crippen LogP contribution in [-0.4, -0.2) is 4.98 Å². The third-order valence-electron chi connectivity index (χ3n) is 2.36. The van der Waals surface area contributed by atoms with Gasteiger partial charge in [-0.05, 0) is 30.0 Å². The van der Waals surface area contributed by atoms with Crippen LogP contribution in [0.15, 0.2) is 24.4 Å². The van der Waals surface area contributed by atoms with Crippen LogP contribution in [0.2, 0.25) is 5.02 Å². The molecule has 0 saturated carbocycles. The lowest BCUT2D eigenvalue weighted by atomic mass is 10.0. The van der Waals surface area contributed by atoms with E-state index in [1.165, 1.54) is 10.9 Å². The van der Waals surface area contributed by atoms with E-state index in [1.807, 2.05) is 12.1 Å². The number of H-pyrrole nitrogens is 1. The van der Waals surface area contributed by atoms with Crippen LogP contribution in [0.3, 0.4) is 0 Å². The fourth-order valence-corrected chi connectivity index (χ4v) is 1.94. The standard InChI is InChI=1S/C12H14ClN/c1-8(2)5-9-7-14-12-6-10(13)3-4-11(9)12/h3-4,6-8,14H,5H2,1-2H3. The Bertz CT molecular complexity index is 443. The molecule has 14 heavy (non-hydrogen) atoms. The molecule has 2 heteroatoms. The average Bonchev–Trinajstić information content (AvgIpc) is 2.47. The van der Waals surface area contributed by atoms with Crippen LogP contribution in [0.1, 0.15) is 19.4 Å². The van der Waals surface area contributed by atoms with Crippen molar-refractivity contribution < 1.29 is 0 Å². The second-order valence-corrected chi connectivity index (χ2v) is 4.54. The van der Waals surface area contributed by atoms with E-state index in [2.05, 4.69) is 31.1 Å². The normalized spacial score (nSPS) is 11.4. The fourth-order valence-electron chi connectivity index (χ4n) is 1.77. The molecule has 0 bridgehead atoms. The number of rotatable bonds is 2. The quantitative estimate of drug-likeness (QED) is 0.766. The fraction of sp³-hybridized carbons (Fsp3) is 0.333. The number of nitrogens with one attached hydrogen (secondary N) is 1. The first-order valence-corrected chi connectivity index (χ1v) is 5.30. The zero-order chi connectivity index (χ0) is 10.1. The number of halogens is 1. The number of aromatic amines is 1. The molecule has 0 aliphatic heterocycles. The molecule has 0 saturated heterocycles. The Balaban J connectivity index is 2.47. The number of aromatic nitrogens is 1. The van der Waals surface area contributed by atoms with Gasteiger partial charge in [0.1, 0.15) is 0 Å². The molecule has 0 radical (unpaired) electrons. The van der Waals surface area contributed by atoms with Crippen molar-refractivity contribution in [2.75, 3.05) is 0 Å². The highest BCUT2D eigenvalue weighted by Crippen LogP contribution is 2.23. The van der Waals surface area contributed by atoms with E-state index in [0.29, 0.717) is 5.92 Å². The summed E-state index contributed by atoms with van der Waals surface area (Å²) in [6, 6.07) is 6.01. The van der Waals surface area contributed by atoms with E-state index in [-0.39, 0.29) is 0 Å². The van der Waals surface area contributed by atoms with Crippen molar-refractivity contribution in [3.05, 3.63) is 35.0 Å². The Labute approximate surface area is 89.1 Å². The van der Waals surface area contributed by atoms with Crippen molar-refractivity contribution in [3.63, 3.8) is 0 Å². The largest absolute Gasteiger partial charge is 0.361 e. The van der Waals surface area contributed by atoms with Crippen LogP contribution in [-0.2, 0) is 6.42 Å². The minimum Gasteiger partial charge on any atom is -0.361 e. The van der Waals surface area contributed by atoms with Gasteiger partial charge in [-0.25, -0.2) is 0 Å².